The number of nitrogens with two attached hydrogens (primary N) is 1. The Hall–Kier alpha value is -5.50. The number of ether oxygens (including phenoxy) is 2. The molecule has 6 aromatic heterocycles. The van der Waals surface area contributed by atoms with Gasteiger partial charge < -0.3 is 25.2 Å². The number of halogens is 2. The van der Waals surface area contributed by atoms with E-state index in [-0.39, 0.29) is 41.6 Å². The lowest BCUT2D eigenvalue weighted by Crippen LogP contribution is -2.34. The molecule has 82 heavy (non-hydrogen) atoms. The average molecular weight is 1300 g/mol. The molecule has 436 valence electrons. The van der Waals surface area contributed by atoms with Gasteiger partial charge >= 0.3 is 5.97 Å². The van der Waals surface area contributed by atoms with Gasteiger partial charge in [-0.1, -0.05) is 75.7 Å². The van der Waals surface area contributed by atoms with Crippen LogP contribution < -0.4 is 10.6 Å². The normalized spacial score (nSPS) is 18.0. The van der Waals surface area contributed by atoms with Crippen LogP contribution in [0.3, 0.4) is 0 Å². The predicted molar refractivity (Wildman–Crippen MR) is 339 cm³/mol. The zero-order valence-corrected chi connectivity index (χ0v) is 54.1. The van der Waals surface area contributed by atoms with Crippen molar-refractivity contribution in [3.63, 3.8) is 0 Å². The smallest absolute Gasteiger partial charge is 0.303 e. The topological polar surface area (TPSA) is 222 Å². The van der Waals surface area contributed by atoms with Gasteiger partial charge in [0.1, 0.15) is 30.8 Å². The van der Waals surface area contributed by atoms with Crippen LogP contribution in [0.25, 0.3) is 55.4 Å². The van der Waals surface area contributed by atoms with Crippen molar-refractivity contribution >= 4 is 114 Å². The van der Waals surface area contributed by atoms with E-state index in [1.807, 2.05) is 65.6 Å². The van der Waals surface area contributed by atoms with Gasteiger partial charge in [0.25, 0.3) is 0 Å². The number of Topliss-reactive ketones (excluding diaryl/α,β-unsaturated/α-hetero) is 1. The number of nitrogens with zero attached hydrogens (tertiary/aromatic N) is 9. The quantitative estimate of drug-likeness (QED) is 0.0388. The highest BCUT2D eigenvalue weighted by atomic mass is 79.9. The number of carboxylic acid groups (broad SMARTS) is 1. The van der Waals surface area contributed by atoms with Crippen molar-refractivity contribution in [1.82, 2.24) is 39.2 Å². The molecule has 2 saturated carbocycles. The van der Waals surface area contributed by atoms with E-state index in [9.17, 15) is 23.1 Å². The van der Waals surface area contributed by atoms with Gasteiger partial charge in [-0.05, 0) is 131 Å². The molecule has 0 radical (unpaired) electrons. The Morgan fingerprint density at radius 2 is 1.12 bits per heavy atom. The number of carbonyl (C=O) groups is 2. The Morgan fingerprint density at radius 3 is 1.60 bits per heavy atom. The van der Waals surface area contributed by atoms with E-state index in [1.165, 1.54) is 0 Å². The van der Waals surface area contributed by atoms with E-state index in [0.29, 0.717) is 44.6 Å². The molecule has 0 unspecified atom stereocenters. The second-order valence-electron chi connectivity index (χ2n) is 24.8. The van der Waals surface area contributed by atoms with Gasteiger partial charge in [-0.15, -0.1) is 0 Å². The average Bonchev–Trinajstić information content (AvgIpc) is 4.24. The number of anilines is 2. The number of nitrogen functional groups attached to an aromatic ring is 1. The molecular formula is C60H76Br2N10O7SSi2. The van der Waals surface area contributed by atoms with Crippen molar-refractivity contribution in [3.05, 3.63) is 106 Å². The minimum absolute atomic E-state index is 0.190. The summed E-state index contributed by atoms with van der Waals surface area (Å²) < 4.78 is 40.7. The second-order valence-corrected chi connectivity index (χ2v) is 39.8. The Kier molecular flexibility index (Phi) is 19.5. The molecule has 10 rings (SSSR count). The SMILES string of the molecule is CS(=O)(=O)CC(=O)CC1CCC(c2nc3c(-c4cnc5ccccc5c4)cnn3c(N)c2Br)CC1.C[Si](C)(C)CCOCN(COCC[Si](C)(C)C)c1c(Br)c(C2CCC(CC(=O)O)CC2)nc2c(-c3cnc4ccccc4c3)cnn12. The number of rotatable bonds is 21. The van der Waals surface area contributed by atoms with E-state index in [1.54, 1.807) is 10.7 Å². The molecule has 2 aromatic carbocycles. The van der Waals surface area contributed by atoms with E-state index in [2.05, 4.69) is 104 Å². The van der Waals surface area contributed by atoms with Crippen LogP contribution in [0, 0.1) is 11.8 Å². The van der Waals surface area contributed by atoms with E-state index in [4.69, 9.17) is 35.3 Å². The second kappa shape index (κ2) is 26.2. The number of para-hydroxylation sites is 2. The van der Waals surface area contributed by atoms with Gasteiger partial charge in [0, 0.05) is 106 Å². The molecule has 2 fully saturated rings. The Morgan fingerprint density at radius 1 is 0.671 bits per heavy atom. The minimum Gasteiger partial charge on any atom is -0.481 e. The maximum Gasteiger partial charge on any atom is 0.303 e. The van der Waals surface area contributed by atoms with Crippen molar-refractivity contribution in [2.24, 2.45) is 11.8 Å². The zero-order chi connectivity index (χ0) is 58.5. The van der Waals surface area contributed by atoms with Crippen molar-refractivity contribution in [2.45, 2.75) is 127 Å². The predicted octanol–water partition coefficient (Wildman–Crippen LogP) is 13.5. The molecule has 0 saturated heterocycles. The van der Waals surface area contributed by atoms with Crippen LogP contribution in [-0.2, 0) is 28.9 Å². The number of fused-ring (bicyclic) bond motifs is 4. The molecule has 22 heteroatoms. The number of sulfone groups is 1. The molecule has 0 aliphatic heterocycles. The molecule has 17 nitrogen and oxygen atoms in total. The fourth-order valence-electron chi connectivity index (χ4n) is 11.1. The molecule has 0 amide bonds. The third-order valence-electron chi connectivity index (χ3n) is 15.7. The highest BCUT2D eigenvalue weighted by molar-refractivity contribution is 9.11. The highest BCUT2D eigenvalue weighted by Gasteiger charge is 2.32. The van der Waals surface area contributed by atoms with Gasteiger partial charge in [0.15, 0.2) is 26.9 Å². The fraction of sp³-hybridized carbons (Fsp3) is 0.467. The van der Waals surface area contributed by atoms with Gasteiger partial charge in [0.05, 0.1) is 43.8 Å². The third-order valence-corrected chi connectivity index (χ3v) is 21.5. The molecule has 2 aliphatic carbocycles. The van der Waals surface area contributed by atoms with Crippen molar-refractivity contribution < 1.29 is 32.6 Å². The summed E-state index contributed by atoms with van der Waals surface area (Å²) in [5.74, 6) is 0.853. The van der Waals surface area contributed by atoms with Gasteiger partial charge in [-0.2, -0.15) is 19.2 Å². The largest absolute Gasteiger partial charge is 0.481 e. The van der Waals surface area contributed by atoms with Gasteiger partial charge in [0.2, 0.25) is 0 Å². The summed E-state index contributed by atoms with van der Waals surface area (Å²) in [6.07, 6.45) is 16.0. The maximum atomic E-state index is 12.1. The number of benzene rings is 2. The van der Waals surface area contributed by atoms with Crippen LogP contribution in [0.1, 0.15) is 87.4 Å². The highest BCUT2D eigenvalue weighted by Crippen LogP contribution is 2.44. The number of ketones is 1. The number of carbonyl (C=O) groups excluding carboxylic acids is 1. The lowest BCUT2D eigenvalue weighted by molar-refractivity contribution is -0.138. The Balaban J connectivity index is 0.000000206. The van der Waals surface area contributed by atoms with Crippen LogP contribution in [0.2, 0.25) is 51.4 Å². The first-order valence-corrected chi connectivity index (χ1v) is 39.5. The number of pyridine rings is 2. The van der Waals surface area contributed by atoms with Crippen molar-refractivity contribution in [1.29, 1.82) is 0 Å². The van der Waals surface area contributed by atoms with Crippen LogP contribution in [0.5, 0.6) is 0 Å². The van der Waals surface area contributed by atoms with Crippen molar-refractivity contribution in [3.8, 4) is 22.3 Å². The van der Waals surface area contributed by atoms with Gasteiger partial charge in [-0.25, -0.2) is 18.4 Å². The molecule has 0 atom stereocenters. The first kappa shape index (κ1) is 61.1. The molecule has 3 N–H and O–H groups in total. The molecule has 6 heterocycles. The van der Waals surface area contributed by atoms with Crippen molar-refractivity contribution in [2.75, 3.05) is 49.3 Å². The fourth-order valence-corrected chi connectivity index (χ4v) is 14.7. The lowest BCUT2D eigenvalue weighted by atomic mass is 9.78. The Labute approximate surface area is 499 Å². The molecule has 0 bridgehead atoms. The number of aromatic nitrogens is 8. The number of carboxylic acids is 1. The molecule has 2 aliphatic rings. The maximum absolute atomic E-state index is 12.1. The zero-order valence-electron chi connectivity index (χ0n) is 48.1. The number of hydrogen-bond donors (Lipinski definition) is 2. The van der Waals surface area contributed by atoms with Crippen LogP contribution in [0.4, 0.5) is 11.6 Å². The van der Waals surface area contributed by atoms with E-state index >= 15 is 0 Å². The summed E-state index contributed by atoms with van der Waals surface area (Å²) in [4.78, 5) is 45.3. The minimum atomic E-state index is -3.29. The summed E-state index contributed by atoms with van der Waals surface area (Å²) in [6.45, 7) is 16.3. The summed E-state index contributed by atoms with van der Waals surface area (Å²) in [6, 6.07) is 22.5. The summed E-state index contributed by atoms with van der Waals surface area (Å²) in [5, 5.41) is 20.9. The molecule has 0 spiro atoms. The number of aliphatic carboxylic acids is 1. The molecular weight excluding hydrogens is 1220 g/mol. The Bertz CT molecular complexity index is 3680. The monoisotopic (exact) mass is 1290 g/mol. The summed E-state index contributed by atoms with van der Waals surface area (Å²) >= 11 is 7.65. The lowest BCUT2D eigenvalue weighted by Gasteiger charge is -2.31. The van der Waals surface area contributed by atoms with Crippen LogP contribution in [-0.4, -0.2) is 119 Å². The van der Waals surface area contributed by atoms with Crippen LogP contribution >= 0.6 is 31.9 Å². The van der Waals surface area contributed by atoms with Crippen LogP contribution in [0.15, 0.2) is 94.4 Å². The summed E-state index contributed by atoms with van der Waals surface area (Å²) in [5.41, 5.74) is 15.3. The standard InChI is InChI=1S/C35H50BrN5O4Si2.C25H26BrN5O3S/c1-46(2,3)17-15-44-23-40(24-45-16-18-47(4,5)6)35-32(36)33(26-13-11-25(12-14-26)19-31(42)43)39-34-29(22-38-41(34)35)28-20-27-9-7-8-10-30(27)37-21-28;1-35(33,34)14-19(32)10-15-6-8-16(9-7-15)23-22(26)24(27)31-25(30-23)20(13-29-31)18-11-17-4-2-3-5-21(17)28-12-18/h7-10,20-22,25-26H,11-19,23-24H2,1-6H3,(H,42,43);2-5,11-13,15-16H,6-10,14,27H2,1H3. The van der Waals surface area contributed by atoms with E-state index < -0.39 is 32.0 Å². The molecule has 8 aromatic rings. The summed E-state index contributed by atoms with van der Waals surface area (Å²) in [7, 11) is -5.82. The van der Waals surface area contributed by atoms with E-state index in [0.717, 1.165) is 146 Å². The van der Waals surface area contributed by atoms with Gasteiger partial charge in [-0.3, -0.25) is 19.6 Å². The third kappa shape index (κ3) is 15.4. The first-order valence-electron chi connectivity index (χ1n) is 28.4. The first-order chi connectivity index (χ1) is 39.0. The number of hydrogen-bond acceptors (Lipinski definition) is 14.